The van der Waals surface area contributed by atoms with E-state index in [-0.39, 0.29) is 0 Å². The van der Waals surface area contributed by atoms with E-state index in [1.54, 1.807) is 11.3 Å². The van der Waals surface area contributed by atoms with Crippen LogP contribution < -0.4 is 5.73 Å². The molecule has 0 fully saturated rings. The number of hydrogen-bond donors (Lipinski definition) is 1. The lowest BCUT2D eigenvalue weighted by Crippen LogP contribution is -2.32. The first-order chi connectivity index (χ1) is 13.8. The highest BCUT2D eigenvalue weighted by Crippen LogP contribution is 2.25. The standard InChI is InChI=1S/C22H23N3S.C2H6/c23-22(21-7-4-14-26-21)24-20-9-8-18-11-13-25(16-19(18)15-20)12-10-17-5-2-1-3-6-17;1-2/h1-9,14-15H,10-13,16H2,(H2,23,24);1-2H3. The molecule has 4 rings (SSSR count). The van der Waals surface area contributed by atoms with Gasteiger partial charge in [-0.15, -0.1) is 11.3 Å². The summed E-state index contributed by atoms with van der Waals surface area (Å²) in [6.45, 7) is 7.21. The van der Waals surface area contributed by atoms with Gasteiger partial charge in [-0.2, -0.15) is 0 Å². The average molecular weight is 392 g/mol. The minimum Gasteiger partial charge on any atom is -0.383 e. The van der Waals surface area contributed by atoms with Crippen molar-refractivity contribution in [3.8, 4) is 0 Å². The summed E-state index contributed by atoms with van der Waals surface area (Å²) in [6.07, 6.45) is 2.20. The predicted octanol–water partition coefficient (Wildman–Crippen LogP) is 5.41. The minimum atomic E-state index is 0.594. The van der Waals surface area contributed by atoms with Crippen LogP contribution in [-0.4, -0.2) is 23.8 Å². The summed E-state index contributed by atoms with van der Waals surface area (Å²) < 4.78 is 0. The third kappa shape index (κ3) is 5.31. The highest BCUT2D eigenvalue weighted by molar-refractivity contribution is 7.12. The molecule has 0 radical (unpaired) electrons. The molecule has 4 heteroatoms. The zero-order chi connectivity index (χ0) is 19.8. The van der Waals surface area contributed by atoms with E-state index in [1.807, 2.05) is 31.4 Å². The van der Waals surface area contributed by atoms with Gasteiger partial charge in [-0.3, -0.25) is 4.90 Å². The summed E-state index contributed by atoms with van der Waals surface area (Å²) in [7, 11) is 0. The Kier molecular flexibility index (Phi) is 7.40. The molecule has 1 aliphatic heterocycles. The second-order valence-electron chi connectivity index (χ2n) is 6.69. The number of thiophene rings is 1. The number of nitrogens with two attached hydrogens (primary N) is 1. The fraction of sp³-hybridized carbons (Fsp3) is 0.292. The molecule has 0 unspecified atom stereocenters. The third-order valence-corrected chi connectivity index (χ3v) is 5.76. The van der Waals surface area contributed by atoms with Crippen molar-refractivity contribution in [1.82, 2.24) is 4.90 Å². The van der Waals surface area contributed by atoms with E-state index in [0.29, 0.717) is 5.84 Å². The monoisotopic (exact) mass is 391 g/mol. The topological polar surface area (TPSA) is 41.6 Å². The van der Waals surface area contributed by atoms with Gasteiger partial charge in [0, 0.05) is 19.6 Å². The van der Waals surface area contributed by atoms with Gasteiger partial charge in [0.2, 0.25) is 0 Å². The van der Waals surface area contributed by atoms with Crippen LogP contribution >= 0.6 is 11.3 Å². The van der Waals surface area contributed by atoms with Crippen molar-refractivity contribution in [2.45, 2.75) is 33.2 Å². The average Bonchev–Trinajstić information content (AvgIpc) is 3.29. The molecule has 0 spiro atoms. The molecule has 2 heterocycles. The van der Waals surface area contributed by atoms with E-state index in [0.717, 1.165) is 43.0 Å². The van der Waals surface area contributed by atoms with Crippen LogP contribution in [0.4, 0.5) is 5.69 Å². The molecule has 0 atom stereocenters. The lowest BCUT2D eigenvalue weighted by Gasteiger charge is -2.29. The molecule has 0 saturated heterocycles. The Morgan fingerprint density at radius 1 is 1.04 bits per heavy atom. The molecule has 146 valence electrons. The highest BCUT2D eigenvalue weighted by atomic mass is 32.1. The summed E-state index contributed by atoms with van der Waals surface area (Å²) >= 11 is 1.62. The van der Waals surface area contributed by atoms with E-state index in [4.69, 9.17) is 5.73 Å². The number of amidine groups is 1. The van der Waals surface area contributed by atoms with Crippen LogP contribution in [-0.2, 0) is 19.4 Å². The Balaban J connectivity index is 0.00000109. The van der Waals surface area contributed by atoms with E-state index in [9.17, 15) is 0 Å². The van der Waals surface area contributed by atoms with Crippen molar-refractivity contribution < 1.29 is 0 Å². The maximum absolute atomic E-state index is 6.14. The summed E-state index contributed by atoms with van der Waals surface area (Å²) in [6, 6.07) is 21.2. The molecule has 2 N–H and O–H groups in total. The van der Waals surface area contributed by atoms with Crippen molar-refractivity contribution in [2.75, 3.05) is 13.1 Å². The Hall–Kier alpha value is -2.43. The molecule has 1 aromatic heterocycles. The van der Waals surface area contributed by atoms with Gasteiger partial charge >= 0.3 is 0 Å². The molecule has 0 saturated carbocycles. The zero-order valence-electron chi connectivity index (χ0n) is 16.8. The van der Waals surface area contributed by atoms with Crippen LogP contribution in [0.15, 0.2) is 71.0 Å². The largest absolute Gasteiger partial charge is 0.383 e. The van der Waals surface area contributed by atoms with Gasteiger partial charge in [0.25, 0.3) is 0 Å². The first-order valence-corrected chi connectivity index (χ1v) is 10.9. The molecular weight excluding hydrogens is 362 g/mol. The molecule has 2 aromatic carbocycles. The summed E-state index contributed by atoms with van der Waals surface area (Å²) in [5, 5.41) is 2.02. The van der Waals surface area contributed by atoms with E-state index in [1.165, 1.54) is 16.7 Å². The van der Waals surface area contributed by atoms with Crippen LogP contribution in [0.25, 0.3) is 0 Å². The zero-order valence-corrected chi connectivity index (χ0v) is 17.6. The Morgan fingerprint density at radius 3 is 2.61 bits per heavy atom. The molecule has 1 aliphatic rings. The van der Waals surface area contributed by atoms with Gasteiger partial charge < -0.3 is 5.73 Å². The van der Waals surface area contributed by atoms with Crippen LogP contribution in [0.5, 0.6) is 0 Å². The van der Waals surface area contributed by atoms with Crippen molar-refractivity contribution in [3.05, 3.63) is 87.6 Å². The minimum absolute atomic E-state index is 0.594. The Bertz CT molecular complexity index is 885. The lowest BCUT2D eigenvalue weighted by atomic mass is 9.98. The molecule has 0 bridgehead atoms. The van der Waals surface area contributed by atoms with E-state index < -0.39 is 0 Å². The molecule has 28 heavy (non-hydrogen) atoms. The van der Waals surface area contributed by atoms with Crippen molar-refractivity contribution in [1.29, 1.82) is 0 Å². The van der Waals surface area contributed by atoms with Gasteiger partial charge in [-0.1, -0.05) is 56.3 Å². The second-order valence-corrected chi connectivity index (χ2v) is 7.64. The quantitative estimate of drug-likeness (QED) is 0.466. The van der Waals surface area contributed by atoms with Crippen molar-refractivity contribution in [3.63, 3.8) is 0 Å². The number of benzene rings is 2. The van der Waals surface area contributed by atoms with Gasteiger partial charge in [-0.25, -0.2) is 4.99 Å². The second kappa shape index (κ2) is 10.2. The number of hydrogen-bond acceptors (Lipinski definition) is 3. The SMILES string of the molecule is CC.NC(=Nc1ccc2c(c1)CN(CCc1ccccc1)CC2)c1cccs1. The van der Waals surface area contributed by atoms with Gasteiger partial charge in [0.05, 0.1) is 10.6 Å². The van der Waals surface area contributed by atoms with Gasteiger partial charge in [-0.05, 0) is 53.1 Å². The van der Waals surface area contributed by atoms with Crippen LogP contribution in [0.1, 0.15) is 35.4 Å². The van der Waals surface area contributed by atoms with E-state index >= 15 is 0 Å². The van der Waals surface area contributed by atoms with Crippen molar-refractivity contribution >= 4 is 22.9 Å². The van der Waals surface area contributed by atoms with Crippen LogP contribution in [0.2, 0.25) is 0 Å². The Morgan fingerprint density at radius 2 is 1.86 bits per heavy atom. The summed E-state index contributed by atoms with van der Waals surface area (Å²) in [4.78, 5) is 8.17. The maximum Gasteiger partial charge on any atom is 0.141 e. The number of rotatable bonds is 5. The first kappa shape index (κ1) is 20.3. The van der Waals surface area contributed by atoms with Crippen molar-refractivity contribution in [2.24, 2.45) is 10.7 Å². The number of fused-ring (bicyclic) bond motifs is 1. The number of aliphatic imine (C=N–C) groups is 1. The predicted molar refractivity (Wildman–Crippen MR) is 122 cm³/mol. The maximum atomic E-state index is 6.14. The normalized spacial score (nSPS) is 14.1. The smallest absolute Gasteiger partial charge is 0.141 e. The lowest BCUT2D eigenvalue weighted by molar-refractivity contribution is 0.257. The third-order valence-electron chi connectivity index (χ3n) is 4.86. The fourth-order valence-electron chi connectivity index (χ4n) is 3.41. The summed E-state index contributed by atoms with van der Waals surface area (Å²) in [5.74, 6) is 0.594. The fourth-order valence-corrected chi connectivity index (χ4v) is 4.04. The molecule has 3 nitrogen and oxygen atoms in total. The van der Waals surface area contributed by atoms with Crippen LogP contribution in [0, 0.1) is 0 Å². The van der Waals surface area contributed by atoms with Gasteiger partial charge in [0.15, 0.2) is 0 Å². The van der Waals surface area contributed by atoms with Gasteiger partial charge in [0.1, 0.15) is 5.84 Å². The van der Waals surface area contributed by atoms with Crippen LogP contribution in [0.3, 0.4) is 0 Å². The first-order valence-electron chi connectivity index (χ1n) is 10.0. The highest BCUT2D eigenvalue weighted by Gasteiger charge is 2.16. The molecule has 0 aliphatic carbocycles. The molecule has 3 aromatic rings. The molecule has 0 amide bonds. The summed E-state index contributed by atoms with van der Waals surface area (Å²) in [5.41, 5.74) is 11.3. The Labute approximate surface area is 172 Å². The number of nitrogens with zero attached hydrogens (tertiary/aromatic N) is 2. The van der Waals surface area contributed by atoms with E-state index in [2.05, 4.69) is 58.4 Å². The molecular formula is C24H29N3S.